The molecule has 2 unspecified atom stereocenters. The van der Waals surface area contributed by atoms with E-state index >= 15 is 0 Å². The zero-order valence-corrected chi connectivity index (χ0v) is 9.58. The monoisotopic (exact) mass is 196 g/mol. The number of nitrogens with zero attached hydrogens (tertiary/aromatic N) is 1. The molecule has 2 rings (SSSR count). The molecule has 2 atom stereocenters. The van der Waals surface area contributed by atoms with Crippen molar-refractivity contribution in [2.45, 2.75) is 64.1 Å². The number of piperidine rings is 1. The van der Waals surface area contributed by atoms with Crippen LogP contribution in [-0.2, 0) is 0 Å². The second-order valence-electron chi connectivity index (χ2n) is 5.34. The fraction of sp³-hybridized carbons (Fsp3) is 1.00. The van der Waals surface area contributed by atoms with Gasteiger partial charge in [0.25, 0.3) is 0 Å². The molecule has 2 bridgehead atoms. The first-order valence-electron chi connectivity index (χ1n) is 6.20. The van der Waals surface area contributed by atoms with Gasteiger partial charge in [-0.05, 0) is 58.4 Å². The van der Waals surface area contributed by atoms with E-state index in [1.807, 2.05) is 0 Å². The Bertz CT molecular complexity index is 177. The molecule has 2 heteroatoms. The van der Waals surface area contributed by atoms with Crippen molar-refractivity contribution in [1.82, 2.24) is 4.90 Å². The summed E-state index contributed by atoms with van der Waals surface area (Å²) >= 11 is 0. The third-order valence-electron chi connectivity index (χ3n) is 4.06. The zero-order valence-electron chi connectivity index (χ0n) is 9.58. The standard InChI is InChI=1S/C12H24N2/c1-9(2)14-11-3-4-12(14)8-10(7-11)5-6-13/h9-12H,3-8,13H2,1-2H3. The van der Waals surface area contributed by atoms with Gasteiger partial charge in [0.05, 0.1) is 0 Å². The first-order valence-corrected chi connectivity index (χ1v) is 6.20. The van der Waals surface area contributed by atoms with Gasteiger partial charge in [0.15, 0.2) is 0 Å². The third-order valence-corrected chi connectivity index (χ3v) is 4.06. The highest BCUT2D eigenvalue weighted by Crippen LogP contribution is 2.40. The minimum Gasteiger partial charge on any atom is -0.330 e. The topological polar surface area (TPSA) is 29.3 Å². The molecule has 2 saturated heterocycles. The van der Waals surface area contributed by atoms with Crippen LogP contribution in [0, 0.1) is 5.92 Å². The summed E-state index contributed by atoms with van der Waals surface area (Å²) in [6, 6.07) is 2.50. The summed E-state index contributed by atoms with van der Waals surface area (Å²) in [5, 5.41) is 0. The second-order valence-corrected chi connectivity index (χ2v) is 5.34. The van der Waals surface area contributed by atoms with Crippen LogP contribution in [0.1, 0.15) is 46.0 Å². The molecule has 2 aliphatic heterocycles. The molecule has 2 fully saturated rings. The maximum Gasteiger partial charge on any atom is 0.0104 e. The van der Waals surface area contributed by atoms with E-state index in [1.54, 1.807) is 0 Å². The van der Waals surface area contributed by atoms with Gasteiger partial charge in [0.2, 0.25) is 0 Å². The lowest BCUT2D eigenvalue weighted by atomic mass is 9.87. The van der Waals surface area contributed by atoms with E-state index in [1.165, 1.54) is 32.1 Å². The molecule has 14 heavy (non-hydrogen) atoms. The van der Waals surface area contributed by atoms with Crippen molar-refractivity contribution in [2.24, 2.45) is 11.7 Å². The van der Waals surface area contributed by atoms with Gasteiger partial charge >= 0.3 is 0 Å². The van der Waals surface area contributed by atoms with Crippen LogP contribution in [0.2, 0.25) is 0 Å². The number of nitrogens with two attached hydrogens (primary N) is 1. The summed E-state index contributed by atoms with van der Waals surface area (Å²) in [5.74, 6) is 0.924. The Balaban J connectivity index is 1.97. The molecule has 0 radical (unpaired) electrons. The molecule has 0 aromatic heterocycles. The average Bonchev–Trinajstić information content (AvgIpc) is 2.39. The summed E-state index contributed by atoms with van der Waals surface area (Å²) in [6.45, 7) is 5.56. The summed E-state index contributed by atoms with van der Waals surface area (Å²) < 4.78 is 0. The van der Waals surface area contributed by atoms with E-state index in [4.69, 9.17) is 5.73 Å². The van der Waals surface area contributed by atoms with Crippen molar-refractivity contribution in [1.29, 1.82) is 0 Å². The molecule has 0 amide bonds. The predicted octanol–water partition coefficient (Wildman–Crippen LogP) is 1.99. The minimum absolute atomic E-state index is 0.742. The van der Waals surface area contributed by atoms with Crippen molar-refractivity contribution in [3.8, 4) is 0 Å². The Kier molecular flexibility index (Phi) is 3.13. The lowest BCUT2D eigenvalue weighted by Gasteiger charge is -2.41. The number of hydrogen-bond acceptors (Lipinski definition) is 2. The van der Waals surface area contributed by atoms with E-state index in [0.29, 0.717) is 0 Å². The second kappa shape index (κ2) is 4.19. The van der Waals surface area contributed by atoms with Crippen LogP contribution in [-0.4, -0.2) is 29.6 Å². The van der Waals surface area contributed by atoms with Gasteiger partial charge in [-0.15, -0.1) is 0 Å². The Morgan fingerprint density at radius 2 is 1.79 bits per heavy atom. The Hall–Kier alpha value is -0.0800. The van der Waals surface area contributed by atoms with Crippen LogP contribution < -0.4 is 5.73 Å². The predicted molar refractivity (Wildman–Crippen MR) is 60.2 cm³/mol. The van der Waals surface area contributed by atoms with E-state index in [0.717, 1.165) is 30.6 Å². The first-order chi connectivity index (χ1) is 6.72. The molecule has 0 aromatic rings. The number of rotatable bonds is 3. The highest BCUT2D eigenvalue weighted by atomic mass is 15.2. The van der Waals surface area contributed by atoms with Crippen LogP contribution in [0.3, 0.4) is 0 Å². The normalized spacial score (nSPS) is 38.1. The third kappa shape index (κ3) is 1.82. The van der Waals surface area contributed by atoms with E-state index in [-0.39, 0.29) is 0 Å². The van der Waals surface area contributed by atoms with Crippen molar-refractivity contribution in [3.63, 3.8) is 0 Å². The van der Waals surface area contributed by atoms with Gasteiger partial charge in [-0.3, -0.25) is 4.90 Å². The Morgan fingerprint density at radius 3 is 2.21 bits per heavy atom. The lowest BCUT2D eigenvalue weighted by molar-refractivity contribution is 0.0715. The summed E-state index contributed by atoms with van der Waals surface area (Å²) in [6.07, 6.45) is 6.94. The largest absolute Gasteiger partial charge is 0.330 e. The van der Waals surface area contributed by atoms with Gasteiger partial charge in [-0.1, -0.05) is 0 Å². The van der Waals surface area contributed by atoms with Crippen LogP contribution >= 0.6 is 0 Å². The van der Waals surface area contributed by atoms with Crippen LogP contribution in [0.5, 0.6) is 0 Å². The fourth-order valence-corrected chi connectivity index (χ4v) is 3.64. The number of hydrogen-bond donors (Lipinski definition) is 1. The lowest BCUT2D eigenvalue weighted by Crippen LogP contribution is -2.46. The van der Waals surface area contributed by atoms with Crippen LogP contribution in [0.15, 0.2) is 0 Å². The molecule has 82 valence electrons. The molecule has 2 nitrogen and oxygen atoms in total. The zero-order chi connectivity index (χ0) is 10.1. The molecule has 0 aromatic carbocycles. The highest BCUT2D eigenvalue weighted by molar-refractivity contribution is 4.96. The van der Waals surface area contributed by atoms with Crippen molar-refractivity contribution >= 4 is 0 Å². The molecular formula is C12H24N2. The van der Waals surface area contributed by atoms with Gasteiger partial charge in [-0.2, -0.15) is 0 Å². The van der Waals surface area contributed by atoms with Gasteiger partial charge in [0.1, 0.15) is 0 Å². The molecular weight excluding hydrogens is 172 g/mol. The maximum atomic E-state index is 5.65. The summed E-state index contributed by atoms with van der Waals surface area (Å²) in [5.41, 5.74) is 5.65. The van der Waals surface area contributed by atoms with Crippen LogP contribution in [0.4, 0.5) is 0 Å². The van der Waals surface area contributed by atoms with Gasteiger partial charge < -0.3 is 5.73 Å². The van der Waals surface area contributed by atoms with Crippen molar-refractivity contribution in [2.75, 3.05) is 6.54 Å². The summed E-state index contributed by atoms with van der Waals surface area (Å²) in [7, 11) is 0. The van der Waals surface area contributed by atoms with E-state index in [2.05, 4.69) is 18.7 Å². The van der Waals surface area contributed by atoms with Crippen LogP contribution in [0.25, 0.3) is 0 Å². The fourth-order valence-electron chi connectivity index (χ4n) is 3.64. The smallest absolute Gasteiger partial charge is 0.0104 e. The quantitative estimate of drug-likeness (QED) is 0.748. The SMILES string of the molecule is CC(C)N1C2CCC1CC(CCN)C2. The highest BCUT2D eigenvalue weighted by Gasteiger charge is 2.41. The van der Waals surface area contributed by atoms with Gasteiger partial charge in [0, 0.05) is 18.1 Å². The molecule has 2 aliphatic rings. The molecule has 0 aliphatic carbocycles. The molecule has 2 heterocycles. The van der Waals surface area contributed by atoms with E-state index in [9.17, 15) is 0 Å². The van der Waals surface area contributed by atoms with Gasteiger partial charge in [-0.25, -0.2) is 0 Å². The molecule has 0 spiro atoms. The van der Waals surface area contributed by atoms with Crippen molar-refractivity contribution < 1.29 is 0 Å². The Labute approximate surface area is 87.8 Å². The maximum absolute atomic E-state index is 5.65. The minimum atomic E-state index is 0.742. The molecule has 0 saturated carbocycles. The van der Waals surface area contributed by atoms with Crippen molar-refractivity contribution in [3.05, 3.63) is 0 Å². The average molecular weight is 196 g/mol. The van der Waals surface area contributed by atoms with E-state index < -0.39 is 0 Å². The number of fused-ring (bicyclic) bond motifs is 2. The Morgan fingerprint density at radius 1 is 1.21 bits per heavy atom. The molecule has 2 N–H and O–H groups in total. The summed E-state index contributed by atoms with van der Waals surface area (Å²) in [4.78, 5) is 2.76. The first kappa shape index (κ1) is 10.4.